The number of hydrogen-bond donors (Lipinski definition) is 1. The van der Waals surface area contributed by atoms with Gasteiger partial charge in [0.2, 0.25) is 0 Å². The van der Waals surface area contributed by atoms with Gasteiger partial charge in [-0.25, -0.2) is 0 Å². The van der Waals surface area contributed by atoms with E-state index >= 15 is 0 Å². The third kappa shape index (κ3) is 3.20. The van der Waals surface area contributed by atoms with E-state index in [0.29, 0.717) is 11.8 Å². The number of furan rings is 1. The maximum Gasteiger partial charge on any atom is 0.119 e. The summed E-state index contributed by atoms with van der Waals surface area (Å²) >= 11 is 0. The fraction of sp³-hybridized carbons (Fsp3) is 0.474. The lowest BCUT2D eigenvalue weighted by Gasteiger charge is -2.28. The summed E-state index contributed by atoms with van der Waals surface area (Å²) in [4.78, 5) is 0. The minimum atomic E-state index is 0.429. The van der Waals surface area contributed by atoms with Gasteiger partial charge in [0.25, 0.3) is 0 Å². The number of hydrogen-bond acceptors (Lipinski definition) is 3. The first kappa shape index (κ1) is 15.2. The number of rotatable bonds is 6. The molecule has 1 aliphatic rings. The minimum Gasteiger partial charge on any atom is -0.497 e. The summed E-state index contributed by atoms with van der Waals surface area (Å²) in [6.07, 6.45) is 6.60. The Balaban J connectivity index is 1.81. The number of aryl methyl sites for hydroxylation is 1. The summed E-state index contributed by atoms with van der Waals surface area (Å²) in [6, 6.07) is 10.6. The highest BCUT2D eigenvalue weighted by molar-refractivity contribution is 5.39. The van der Waals surface area contributed by atoms with Crippen LogP contribution in [-0.4, -0.2) is 20.7 Å². The molecule has 3 heteroatoms. The third-order valence-corrected chi connectivity index (χ3v) is 4.75. The van der Waals surface area contributed by atoms with Gasteiger partial charge in [-0.3, -0.25) is 0 Å². The Morgan fingerprint density at radius 3 is 3.00 bits per heavy atom. The molecule has 3 nitrogen and oxygen atoms in total. The van der Waals surface area contributed by atoms with E-state index in [-0.39, 0.29) is 0 Å². The third-order valence-electron chi connectivity index (χ3n) is 4.75. The van der Waals surface area contributed by atoms with Crippen molar-refractivity contribution in [3.8, 4) is 5.75 Å². The molecule has 0 spiro atoms. The van der Waals surface area contributed by atoms with E-state index in [1.807, 2.05) is 13.1 Å². The van der Waals surface area contributed by atoms with E-state index in [1.165, 1.54) is 30.4 Å². The fourth-order valence-corrected chi connectivity index (χ4v) is 3.68. The zero-order valence-electron chi connectivity index (χ0n) is 13.5. The van der Waals surface area contributed by atoms with E-state index in [2.05, 4.69) is 29.6 Å². The number of fused-ring (bicyclic) bond motifs is 1. The van der Waals surface area contributed by atoms with E-state index in [4.69, 9.17) is 9.15 Å². The van der Waals surface area contributed by atoms with Crippen LogP contribution in [0.3, 0.4) is 0 Å². The van der Waals surface area contributed by atoms with Crippen LogP contribution in [0, 0.1) is 0 Å². The predicted octanol–water partition coefficient (Wildman–Crippen LogP) is 4.10. The van der Waals surface area contributed by atoms with Gasteiger partial charge in [0, 0.05) is 12.5 Å². The highest BCUT2D eigenvalue weighted by Crippen LogP contribution is 2.39. The molecular weight excluding hydrogens is 274 g/mol. The molecule has 1 aliphatic carbocycles. The van der Waals surface area contributed by atoms with Gasteiger partial charge in [-0.15, -0.1) is 0 Å². The topological polar surface area (TPSA) is 34.4 Å². The van der Waals surface area contributed by atoms with Gasteiger partial charge in [-0.1, -0.05) is 6.07 Å². The largest absolute Gasteiger partial charge is 0.497 e. The minimum absolute atomic E-state index is 0.429. The molecule has 3 rings (SSSR count). The summed E-state index contributed by atoms with van der Waals surface area (Å²) in [6.45, 7) is 0.954. The average molecular weight is 299 g/mol. The number of likely N-dealkylation sites (N-methyl/N-ethyl adjacent to an activating group) is 1. The number of ether oxygens (including phenoxy) is 1. The predicted molar refractivity (Wildman–Crippen MR) is 88.7 cm³/mol. The molecule has 1 N–H and O–H groups in total. The second kappa shape index (κ2) is 7.01. The molecule has 1 aromatic carbocycles. The van der Waals surface area contributed by atoms with Crippen molar-refractivity contribution < 1.29 is 9.15 Å². The Hall–Kier alpha value is -1.74. The standard InChI is InChI=1S/C19H25NO2/c1-20-13-16(19-7-4-10-22-19)11-14-5-3-6-15-12-17(21-2)8-9-18(14)15/h4,7-10,12,14,16,20H,3,5-6,11,13H2,1-2H3. The SMILES string of the molecule is CNCC(CC1CCCc2cc(OC)ccc21)c1ccco1. The summed E-state index contributed by atoms with van der Waals surface area (Å²) in [7, 11) is 3.75. The fourth-order valence-electron chi connectivity index (χ4n) is 3.68. The normalized spacial score (nSPS) is 18.7. The average Bonchev–Trinajstić information content (AvgIpc) is 3.08. The maximum absolute atomic E-state index is 5.65. The lowest BCUT2D eigenvalue weighted by atomic mass is 9.77. The molecule has 0 amide bonds. The molecule has 1 aromatic heterocycles. The Bertz CT molecular complexity index is 591. The van der Waals surface area contributed by atoms with Crippen molar-refractivity contribution in [3.05, 3.63) is 53.5 Å². The Morgan fingerprint density at radius 1 is 1.36 bits per heavy atom. The molecule has 0 saturated heterocycles. The number of methoxy groups -OCH3 is 1. The van der Waals surface area contributed by atoms with E-state index < -0.39 is 0 Å². The van der Waals surface area contributed by atoms with Gasteiger partial charge in [0.15, 0.2) is 0 Å². The van der Waals surface area contributed by atoms with Crippen LogP contribution in [0.25, 0.3) is 0 Å². The zero-order valence-corrected chi connectivity index (χ0v) is 13.5. The molecule has 0 radical (unpaired) electrons. The molecule has 2 aromatic rings. The van der Waals surface area contributed by atoms with Crippen LogP contribution in [-0.2, 0) is 6.42 Å². The first-order chi connectivity index (χ1) is 10.8. The Morgan fingerprint density at radius 2 is 2.27 bits per heavy atom. The molecule has 2 unspecified atom stereocenters. The van der Waals surface area contributed by atoms with Gasteiger partial charge < -0.3 is 14.5 Å². The van der Waals surface area contributed by atoms with Crippen LogP contribution in [0.1, 0.15) is 48.0 Å². The second-order valence-electron chi connectivity index (χ2n) is 6.16. The molecule has 1 heterocycles. The monoisotopic (exact) mass is 299 g/mol. The van der Waals surface area contributed by atoms with Gasteiger partial charge >= 0.3 is 0 Å². The number of benzene rings is 1. The van der Waals surface area contributed by atoms with Crippen LogP contribution in [0.4, 0.5) is 0 Å². The van der Waals surface area contributed by atoms with Crippen LogP contribution in [0.5, 0.6) is 5.75 Å². The molecule has 0 bridgehead atoms. The first-order valence-corrected chi connectivity index (χ1v) is 8.16. The van der Waals surface area contributed by atoms with Gasteiger partial charge in [-0.05, 0) is 74.0 Å². The highest BCUT2D eigenvalue weighted by Gasteiger charge is 2.25. The molecule has 0 saturated carbocycles. The summed E-state index contributed by atoms with van der Waals surface area (Å²) in [5.41, 5.74) is 2.96. The second-order valence-corrected chi connectivity index (χ2v) is 6.16. The molecule has 2 atom stereocenters. The van der Waals surface area contributed by atoms with Crippen molar-refractivity contribution in [2.45, 2.75) is 37.5 Å². The van der Waals surface area contributed by atoms with E-state index in [0.717, 1.165) is 24.5 Å². The molecule has 0 fully saturated rings. The molecule has 22 heavy (non-hydrogen) atoms. The molecule has 118 valence electrons. The lowest BCUT2D eigenvalue weighted by molar-refractivity contribution is 0.393. The van der Waals surface area contributed by atoms with E-state index in [1.54, 1.807) is 13.4 Å². The molecule has 0 aliphatic heterocycles. The highest BCUT2D eigenvalue weighted by atomic mass is 16.5. The zero-order chi connectivity index (χ0) is 15.4. The summed E-state index contributed by atoms with van der Waals surface area (Å²) in [5.74, 6) is 3.10. The lowest BCUT2D eigenvalue weighted by Crippen LogP contribution is -2.21. The van der Waals surface area contributed by atoms with Crippen molar-refractivity contribution in [1.82, 2.24) is 5.32 Å². The van der Waals surface area contributed by atoms with Gasteiger partial charge in [0.05, 0.1) is 13.4 Å². The number of nitrogens with one attached hydrogen (secondary N) is 1. The van der Waals surface area contributed by atoms with Crippen molar-refractivity contribution in [2.24, 2.45) is 0 Å². The smallest absolute Gasteiger partial charge is 0.119 e. The Labute approximate surface area is 132 Å². The van der Waals surface area contributed by atoms with Crippen LogP contribution in [0.15, 0.2) is 41.0 Å². The van der Waals surface area contributed by atoms with Gasteiger partial charge in [-0.2, -0.15) is 0 Å². The first-order valence-electron chi connectivity index (χ1n) is 8.16. The van der Waals surface area contributed by atoms with Gasteiger partial charge in [0.1, 0.15) is 11.5 Å². The van der Waals surface area contributed by atoms with Crippen LogP contribution in [0.2, 0.25) is 0 Å². The van der Waals surface area contributed by atoms with Crippen molar-refractivity contribution in [2.75, 3.05) is 20.7 Å². The van der Waals surface area contributed by atoms with Crippen LogP contribution >= 0.6 is 0 Å². The summed E-state index contributed by atoms with van der Waals surface area (Å²) < 4.78 is 11.0. The Kier molecular flexibility index (Phi) is 4.84. The van der Waals surface area contributed by atoms with Crippen LogP contribution < -0.4 is 10.1 Å². The maximum atomic E-state index is 5.65. The van der Waals surface area contributed by atoms with E-state index in [9.17, 15) is 0 Å². The van der Waals surface area contributed by atoms with Crippen molar-refractivity contribution >= 4 is 0 Å². The summed E-state index contributed by atoms with van der Waals surface area (Å²) in [5, 5.41) is 3.31. The molecular formula is C19H25NO2. The van der Waals surface area contributed by atoms with Crippen molar-refractivity contribution in [3.63, 3.8) is 0 Å². The van der Waals surface area contributed by atoms with Crippen molar-refractivity contribution in [1.29, 1.82) is 0 Å². The quantitative estimate of drug-likeness (QED) is 0.872.